The summed E-state index contributed by atoms with van der Waals surface area (Å²) >= 11 is 0. The second-order valence-electron chi connectivity index (χ2n) is 7.37. The third-order valence-corrected chi connectivity index (χ3v) is 5.60. The van der Waals surface area contributed by atoms with Gasteiger partial charge in [-0.25, -0.2) is 4.98 Å². The Balaban J connectivity index is 1.43. The Bertz CT molecular complexity index is 712. The van der Waals surface area contributed by atoms with Crippen LogP contribution in [0.1, 0.15) is 56.9 Å². The molecule has 0 bridgehead atoms. The molecule has 3 heterocycles. The van der Waals surface area contributed by atoms with Crippen LogP contribution in [-0.2, 0) is 4.74 Å². The number of pyridine rings is 1. The fourth-order valence-electron chi connectivity index (χ4n) is 4.22. The third kappa shape index (κ3) is 4.30. The Hall–Kier alpha value is -1.99. The smallest absolute Gasteiger partial charge is 0.244 e. The lowest BCUT2D eigenvalue weighted by Crippen LogP contribution is -2.36. The van der Waals surface area contributed by atoms with Gasteiger partial charge in [0, 0.05) is 31.0 Å². The van der Waals surface area contributed by atoms with Crippen LogP contribution in [0.5, 0.6) is 5.88 Å². The lowest BCUT2D eigenvalue weighted by Gasteiger charge is -2.34. The van der Waals surface area contributed by atoms with Gasteiger partial charge in [-0.3, -0.25) is 4.90 Å². The van der Waals surface area contributed by atoms with Gasteiger partial charge in [-0.15, -0.1) is 0 Å². The summed E-state index contributed by atoms with van der Waals surface area (Å²) in [4.78, 5) is 11.6. The topological polar surface area (TPSA) is 73.5 Å². The quantitative estimate of drug-likeness (QED) is 0.687. The molecule has 2 aliphatic rings. The Morgan fingerprint density at radius 3 is 2.78 bits per heavy atom. The number of hydrogen-bond acceptors (Lipinski definition) is 7. The van der Waals surface area contributed by atoms with Gasteiger partial charge in [0.05, 0.1) is 12.6 Å². The SMILES string of the molecule is COCCOc1ccc(-c2noc([C@H]3CCCN3C3CCCCC3)n2)cn1. The predicted octanol–water partition coefficient (Wildman–Crippen LogP) is 3.63. The van der Waals surface area contributed by atoms with E-state index < -0.39 is 0 Å². The standard InChI is InChI=1S/C20H28N4O3/c1-25-12-13-26-18-10-9-15(14-21-18)19-22-20(27-23-19)17-8-5-11-24(17)16-6-3-2-4-7-16/h9-10,14,16-17H,2-8,11-13H2,1H3/t17-/m1/s1. The number of aromatic nitrogens is 3. The van der Waals surface area contributed by atoms with Gasteiger partial charge < -0.3 is 14.0 Å². The Morgan fingerprint density at radius 2 is 2.00 bits per heavy atom. The van der Waals surface area contributed by atoms with Crippen molar-refractivity contribution >= 4 is 0 Å². The number of likely N-dealkylation sites (tertiary alicyclic amines) is 1. The maximum absolute atomic E-state index is 5.66. The van der Waals surface area contributed by atoms with E-state index in [-0.39, 0.29) is 6.04 Å². The van der Waals surface area contributed by atoms with Gasteiger partial charge in [0.2, 0.25) is 17.6 Å². The summed E-state index contributed by atoms with van der Waals surface area (Å²) in [6, 6.07) is 4.67. The molecule has 1 saturated carbocycles. The summed E-state index contributed by atoms with van der Waals surface area (Å²) in [6.45, 7) is 2.16. The first-order valence-electron chi connectivity index (χ1n) is 10.0. The van der Waals surface area contributed by atoms with Crippen LogP contribution in [0.15, 0.2) is 22.9 Å². The van der Waals surface area contributed by atoms with Crippen molar-refractivity contribution in [2.45, 2.75) is 57.0 Å². The Morgan fingerprint density at radius 1 is 1.11 bits per heavy atom. The first-order valence-corrected chi connectivity index (χ1v) is 10.0. The molecule has 0 aromatic carbocycles. The van der Waals surface area contributed by atoms with Crippen molar-refractivity contribution in [2.24, 2.45) is 0 Å². The predicted molar refractivity (Wildman–Crippen MR) is 100 cm³/mol. The highest BCUT2D eigenvalue weighted by molar-refractivity contribution is 5.53. The highest BCUT2D eigenvalue weighted by Crippen LogP contribution is 2.37. The number of hydrogen-bond donors (Lipinski definition) is 0. The van der Waals surface area contributed by atoms with E-state index >= 15 is 0 Å². The number of methoxy groups -OCH3 is 1. The van der Waals surface area contributed by atoms with Crippen LogP contribution in [0, 0.1) is 0 Å². The summed E-state index contributed by atoms with van der Waals surface area (Å²) in [6.07, 6.45) is 10.7. The first kappa shape index (κ1) is 18.4. The van der Waals surface area contributed by atoms with E-state index in [0.29, 0.717) is 31.0 Å². The fourth-order valence-corrected chi connectivity index (χ4v) is 4.22. The normalized spacial score (nSPS) is 21.6. The molecule has 2 aromatic heterocycles. The molecule has 1 saturated heterocycles. The van der Waals surface area contributed by atoms with Crippen molar-refractivity contribution in [3.63, 3.8) is 0 Å². The van der Waals surface area contributed by atoms with E-state index in [1.807, 2.05) is 12.1 Å². The van der Waals surface area contributed by atoms with Crippen LogP contribution < -0.4 is 4.74 Å². The summed E-state index contributed by atoms with van der Waals surface area (Å²) in [5, 5.41) is 4.20. The van der Waals surface area contributed by atoms with Crippen molar-refractivity contribution in [3.05, 3.63) is 24.2 Å². The van der Waals surface area contributed by atoms with Crippen molar-refractivity contribution in [1.82, 2.24) is 20.0 Å². The minimum atomic E-state index is 0.263. The van der Waals surface area contributed by atoms with Crippen LogP contribution in [0.25, 0.3) is 11.4 Å². The molecule has 0 amide bonds. The molecular weight excluding hydrogens is 344 g/mol. The minimum absolute atomic E-state index is 0.263. The lowest BCUT2D eigenvalue weighted by atomic mass is 9.94. The van der Waals surface area contributed by atoms with Gasteiger partial charge in [0.15, 0.2) is 0 Å². The van der Waals surface area contributed by atoms with E-state index in [2.05, 4.69) is 15.0 Å². The molecule has 1 aliphatic heterocycles. The van der Waals surface area contributed by atoms with Crippen molar-refractivity contribution in [3.8, 4) is 17.3 Å². The number of nitrogens with zero attached hydrogens (tertiary/aromatic N) is 4. The average Bonchev–Trinajstić information content (AvgIpc) is 3.39. The van der Waals surface area contributed by atoms with Crippen LogP contribution >= 0.6 is 0 Å². The summed E-state index contributed by atoms with van der Waals surface area (Å²) < 4.78 is 16.1. The zero-order chi connectivity index (χ0) is 18.5. The van der Waals surface area contributed by atoms with Crippen molar-refractivity contribution in [2.75, 3.05) is 26.9 Å². The molecule has 0 unspecified atom stereocenters. The maximum Gasteiger partial charge on any atom is 0.244 e. The largest absolute Gasteiger partial charge is 0.475 e. The molecule has 0 N–H and O–H groups in total. The molecule has 4 rings (SSSR count). The molecule has 2 fully saturated rings. The summed E-state index contributed by atoms with van der Waals surface area (Å²) in [5.41, 5.74) is 0.839. The fraction of sp³-hybridized carbons (Fsp3) is 0.650. The molecular formula is C20H28N4O3. The van der Waals surface area contributed by atoms with Crippen molar-refractivity contribution < 1.29 is 14.0 Å². The second kappa shape index (κ2) is 8.80. The minimum Gasteiger partial charge on any atom is -0.475 e. The molecule has 7 heteroatoms. The Labute approximate surface area is 160 Å². The van der Waals surface area contributed by atoms with Crippen molar-refractivity contribution in [1.29, 1.82) is 0 Å². The molecule has 7 nitrogen and oxygen atoms in total. The van der Waals surface area contributed by atoms with E-state index in [9.17, 15) is 0 Å². The van der Waals surface area contributed by atoms with E-state index in [4.69, 9.17) is 19.0 Å². The van der Waals surface area contributed by atoms with Gasteiger partial charge in [-0.05, 0) is 38.3 Å². The zero-order valence-corrected chi connectivity index (χ0v) is 16.0. The third-order valence-electron chi connectivity index (χ3n) is 5.60. The van der Waals surface area contributed by atoms with Gasteiger partial charge >= 0.3 is 0 Å². The molecule has 146 valence electrons. The van der Waals surface area contributed by atoms with Crippen LogP contribution in [0.4, 0.5) is 0 Å². The average molecular weight is 372 g/mol. The van der Waals surface area contributed by atoms with Gasteiger partial charge in [-0.2, -0.15) is 4.98 Å². The molecule has 27 heavy (non-hydrogen) atoms. The van der Waals surface area contributed by atoms with Gasteiger partial charge in [-0.1, -0.05) is 24.4 Å². The highest BCUT2D eigenvalue weighted by Gasteiger charge is 2.35. The molecule has 1 atom stereocenters. The van der Waals surface area contributed by atoms with E-state index in [1.165, 1.54) is 38.5 Å². The van der Waals surface area contributed by atoms with Crippen LogP contribution in [0.2, 0.25) is 0 Å². The van der Waals surface area contributed by atoms with E-state index in [0.717, 1.165) is 24.4 Å². The summed E-state index contributed by atoms with van der Waals surface area (Å²) in [7, 11) is 1.65. The second-order valence-corrected chi connectivity index (χ2v) is 7.37. The van der Waals surface area contributed by atoms with Crippen LogP contribution in [0.3, 0.4) is 0 Å². The lowest BCUT2D eigenvalue weighted by molar-refractivity contribution is 0.121. The van der Waals surface area contributed by atoms with E-state index in [1.54, 1.807) is 13.3 Å². The van der Waals surface area contributed by atoms with Crippen LogP contribution in [-0.4, -0.2) is 52.9 Å². The number of ether oxygens (including phenoxy) is 2. The zero-order valence-electron chi connectivity index (χ0n) is 16.0. The molecule has 1 aliphatic carbocycles. The molecule has 2 aromatic rings. The molecule has 0 spiro atoms. The maximum atomic E-state index is 5.66. The first-order chi connectivity index (χ1) is 13.3. The van der Waals surface area contributed by atoms with Gasteiger partial charge in [0.1, 0.15) is 6.61 Å². The molecule has 0 radical (unpaired) electrons. The van der Waals surface area contributed by atoms with Gasteiger partial charge in [0.25, 0.3) is 0 Å². The highest BCUT2D eigenvalue weighted by atomic mass is 16.5. The number of rotatable bonds is 7. The summed E-state index contributed by atoms with van der Waals surface area (Å²) in [5.74, 6) is 1.91. The Kier molecular flexibility index (Phi) is 5.99. The monoisotopic (exact) mass is 372 g/mol.